The normalized spacial score (nSPS) is 12.6. The number of hydrogen-bond acceptors (Lipinski definition) is 4. The summed E-state index contributed by atoms with van der Waals surface area (Å²) < 4.78 is 0. The maximum Gasteiger partial charge on any atom is 0.0892 e. The van der Waals surface area contributed by atoms with Gasteiger partial charge in [0.2, 0.25) is 0 Å². The molecule has 0 aliphatic carbocycles. The summed E-state index contributed by atoms with van der Waals surface area (Å²) in [6.45, 7) is 4.38. The number of aromatic nitrogens is 4. The quantitative estimate of drug-likeness (QED) is 0.554. The fraction of sp³-hybridized carbons (Fsp3) is 0.238. The molecule has 1 atom stereocenters. The first-order chi connectivity index (χ1) is 12.2. The first kappa shape index (κ1) is 15.6. The van der Waals surface area contributed by atoms with Gasteiger partial charge in [-0.2, -0.15) is 10.2 Å². The summed E-state index contributed by atoms with van der Waals surface area (Å²) in [6, 6.07) is 12.8. The molecule has 0 aliphatic rings. The number of benzene rings is 2. The molecule has 2 aromatic carbocycles. The first-order valence-corrected chi connectivity index (χ1v) is 8.68. The Hall–Kier alpha value is -2.88. The fourth-order valence-electron chi connectivity index (χ4n) is 3.17. The van der Waals surface area contributed by atoms with Gasteiger partial charge in [-0.15, -0.1) is 0 Å². The van der Waals surface area contributed by atoms with Crippen LogP contribution in [0.1, 0.15) is 36.6 Å². The van der Waals surface area contributed by atoms with E-state index in [0.29, 0.717) is 5.92 Å². The van der Waals surface area contributed by atoms with Crippen LogP contribution >= 0.6 is 0 Å². The minimum Gasteiger partial charge on any atom is -0.253 e. The summed E-state index contributed by atoms with van der Waals surface area (Å²) in [5, 5.41) is 10.1. The van der Waals surface area contributed by atoms with Crippen molar-refractivity contribution in [1.82, 2.24) is 20.2 Å². The van der Waals surface area contributed by atoms with E-state index in [1.54, 1.807) is 6.20 Å². The van der Waals surface area contributed by atoms with Crippen molar-refractivity contribution in [3.63, 3.8) is 0 Å². The second kappa shape index (κ2) is 6.55. The lowest BCUT2D eigenvalue weighted by atomic mass is 9.95. The van der Waals surface area contributed by atoms with Crippen LogP contribution in [-0.4, -0.2) is 20.2 Å². The summed E-state index contributed by atoms with van der Waals surface area (Å²) in [5.74, 6) is 0.360. The van der Waals surface area contributed by atoms with E-state index in [4.69, 9.17) is 4.98 Å². The van der Waals surface area contributed by atoms with E-state index in [1.807, 2.05) is 12.4 Å². The molecule has 0 amide bonds. The molecular formula is C21H20N4. The number of nitrogens with zero attached hydrogens (tertiary/aromatic N) is 4. The smallest absolute Gasteiger partial charge is 0.0892 e. The molecule has 4 heteroatoms. The van der Waals surface area contributed by atoms with Crippen LogP contribution in [0.2, 0.25) is 0 Å². The Morgan fingerprint density at radius 1 is 0.880 bits per heavy atom. The summed E-state index contributed by atoms with van der Waals surface area (Å²) in [6.07, 6.45) is 7.39. The Labute approximate surface area is 147 Å². The fourth-order valence-corrected chi connectivity index (χ4v) is 3.17. The minimum absolute atomic E-state index is 0.360. The van der Waals surface area contributed by atoms with Gasteiger partial charge in [-0.3, -0.25) is 4.98 Å². The molecule has 0 N–H and O–H groups in total. The highest BCUT2D eigenvalue weighted by Crippen LogP contribution is 2.24. The molecule has 0 fully saturated rings. The average Bonchev–Trinajstić information content (AvgIpc) is 2.67. The Morgan fingerprint density at radius 2 is 1.72 bits per heavy atom. The van der Waals surface area contributed by atoms with Crippen molar-refractivity contribution in [3.05, 3.63) is 71.8 Å². The molecule has 2 heterocycles. The molecule has 0 saturated heterocycles. The van der Waals surface area contributed by atoms with Gasteiger partial charge in [-0.25, -0.2) is 4.98 Å². The van der Waals surface area contributed by atoms with Gasteiger partial charge >= 0.3 is 0 Å². The first-order valence-electron chi connectivity index (χ1n) is 8.68. The zero-order valence-electron chi connectivity index (χ0n) is 14.5. The molecule has 4 rings (SSSR count). The highest BCUT2D eigenvalue weighted by atomic mass is 15.1. The Kier molecular flexibility index (Phi) is 4.10. The Bertz CT molecular complexity index is 1040. The second-order valence-electron chi connectivity index (χ2n) is 6.52. The van der Waals surface area contributed by atoms with Crippen LogP contribution in [0.4, 0.5) is 0 Å². The lowest BCUT2D eigenvalue weighted by molar-refractivity contribution is 0.741. The summed E-state index contributed by atoms with van der Waals surface area (Å²) in [5.41, 5.74) is 5.55. The molecule has 1 unspecified atom stereocenters. The van der Waals surface area contributed by atoms with Gasteiger partial charge in [0.05, 0.1) is 29.1 Å². The van der Waals surface area contributed by atoms with Gasteiger partial charge in [0, 0.05) is 17.0 Å². The van der Waals surface area contributed by atoms with Crippen molar-refractivity contribution < 1.29 is 0 Å². The monoisotopic (exact) mass is 328 g/mol. The summed E-state index contributed by atoms with van der Waals surface area (Å²) in [7, 11) is 0. The van der Waals surface area contributed by atoms with Crippen molar-refractivity contribution >= 4 is 21.8 Å². The molecule has 25 heavy (non-hydrogen) atoms. The molecule has 0 aliphatic heterocycles. The van der Waals surface area contributed by atoms with Gasteiger partial charge in [0.1, 0.15) is 0 Å². The zero-order valence-corrected chi connectivity index (χ0v) is 14.5. The van der Waals surface area contributed by atoms with Crippen LogP contribution < -0.4 is 0 Å². The largest absolute Gasteiger partial charge is 0.253 e. The maximum atomic E-state index is 4.83. The number of aryl methyl sites for hydroxylation is 1. The lowest BCUT2D eigenvalue weighted by Crippen LogP contribution is -2.02. The minimum atomic E-state index is 0.360. The maximum absolute atomic E-state index is 4.83. The molecule has 0 bridgehead atoms. The molecule has 4 aromatic rings. The Morgan fingerprint density at radius 3 is 2.56 bits per heavy atom. The predicted molar refractivity (Wildman–Crippen MR) is 101 cm³/mol. The summed E-state index contributed by atoms with van der Waals surface area (Å²) >= 11 is 0. The molecule has 4 nitrogen and oxygen atoms in total. The van der Waals surface area contributed by atoms with E-state index >= 15 is 0 Å². The van der Waals surface area contributed by atoms with Crippen LogP contribution in [0.5, 0.6) is 0 Å². The zero-order chi connectivity index (χ0) is 17.2. The van der Waals surface area contributed by atoms with E-state index in [9.17, 15) is 0 Å². The van der Waals surface area contributed by atoms with Crippen molar-refractivity contribution in [2.24, 2.45) is 0 Å². The number of hydrogen-bond donors (Lipinski definition) is 0. The van der Waals surface area contributed by atoms with Gasteiger partial charge in [-0.1, -0.05) is 32.0 Å². The van der Waals surface area contributed by atoms with E-state index in [2.05, 4.69) is 65.4 Å². The Balaban J connectivity index is 1.62. The standard InChI is InChI=1S/C21H20N4/c1-3-15-4-7-20-21(9-15)25-19(13-22-20)8-14(2)16-5-6-17-11-23-24-12-18(17)10-16/h4-7,9-14H,3,8H2,1-2H3. The van der Waals surface area contributed by atoms with Gasteiger partial charge < -0.3 is 0 Å². The third-order valence-electron chi connectivity index (χ3n) is 4.72. The van der Waals surface area contributed by atoms with Gasteiger partial charge in [-0.05, 0) is 48.1 Å². The van der Waals surface area contributed by atoms with Crippen molar-refractivity contribution in [3.8, 4) is 0 Å². The van der Waals surface area contributed by atoms with Crippen LogP contribution in [0.3, 0.4) is 0 Å². The van der Waals surface area contributed by atoms with Crippen molar-refractivity contribution in [2.45, 2.75) is 32.6 Å². The molecule has 0 saturated carbocycles. The van der Waals surface area contributed by atoms with E-state index in [0.717, 1.165) is 40.3 Å². The van der Waals surface area contributed by atoms with Gasteiger partial charge in [0.15, 0.2) is 0 Å². The highest BCUT2D eigenvalue weighted by Gasteiger charge is 2.10. The highest BCUT2D eigenvalue weighted by molar-refractivity contribution is 5.81. The molecule has 2 aromatic heterocycles. The number of rotatable bonds is 4. The van der Waals surface area contributed by atoms with E-state index in [1.165, 1.54) is 11.1 Å². The average molecular weight is 328 g/mol. The van der Waals surface area contributed by atoms with Crippen molar-refractivity contribution in [2.75, 3.05) is 0 Å². The summed E-state index contributed by atoms with van der Waals surface area (Å²) in [4.78, 5) is 9.40. The lowest BCUT2D eigenvalue weighted by Gasteiger charge is -2.12. The molecule has 124 valence electrons. The van der Waals surface area contributed by atoms with Crippen LogP contribution in [0.15, 0.2) is 55.0 Å². The van der Waals surface area contributed by atoms with Crippen LogP contribution in [0.25, 0.3) is 21.8 Å². The second-order valence-corrected chi connectivity index (χ2v) is 6.52. The molecular weight excluding hydrogens is 308 g/mol. The SMILES string of the molecule is CCc1ccc2ncc(CC(C)c3ccc4cnncc4c3)nc2c1. The van der Waals surface area contributed by atoms with Crippen LogP contribution in [0, 0.1) is 0 Å². The topological polar surface area (TPSA) is 51.6 Å². The van der Waals surface area contributed by atoms with E-state index in [-0.39, 0.29) is 0 Å². The van der Waals surface area contributed by atoms with Crippen molar-refractivity contribution in [1.29, 1.82) is 0 Å². The predicted octanol–water partition coefficient (Wildman–Crippen LogP) is 4.48. The van der Waals surface area contributed by atoms with Gasteiger partial charge in [0.25, 0.3) is 0 Å². The van der Waals surface area contributed by atoms with Crippen LogP contribution in [-0.2, 0) is 12.8 Å². The third kappa shape index (κ3) is 3.20. The third-order valence-corrected chi connectivity index (χ3v) is 4.72. The molecule has 0 spiro atoms. The molecule has 0 radical (unpaired) electrons. The van der Waals surface area contributed by atoms with E-state index < -0.39 is 0 Å². The number of fused-ring (bicyclic) bond motifs is 2.